The number of quaternary nitrogens is 1. The fourth-order valence-electron chi connectivity index (χ4n) is 2.42. The third kappa shape index (κ3) is 4.78. The Balaban J connectivity index is 1.64. The number of hydrazone groups is 1. The molecule has 3 amide bonds. The number of furan rings is 1. The number of amides is 3. The van der Waals surface area contributed by atoms with E-state index < -0.39 is 27.3 Å². The molecule has 1 fully saturated rings. The molecule has 0 saturated carbocycles. The Morgan fingerprint density at radius 1 is 1.25 bits per heavy atom. The van der Waals surface area contributed by atoms with E-state index in [4.69, 9.17) is 19.0 Å². The molecular weight excluding hydrogens is 391 g/mol. The minimum atomic E-state index is -2.66. The van der Waals surface area contributed by atoms with Gasteiger partial charge in [0.05, 0.1) is 13.3 Å². The smallest absolute Gasteiger partial charge is 0.349 e. The highest BCUT2D eigenvalue weighted by molar-refractivity contribution is 7.39. The molecule has 0 aliphatic carbocycles. The Hall–Kier alpha value is -2.66. The van der Waals surface area contributed by atoms with Gasteiger partial charge in [-0.3, -0.25) is 9.32 Å². The fourth-order valence-corrected chi connectivity index (χ4v) is 2.64. The Labute approximate surface area is 160 Å². The van der Waals surface area contributed by atoms with E-state index in [-0.39, 0.29) is 6.54 Å². The zero-order valence-electron chi connectivity index (χ0n) is 14.8. The van der Waals surface area contributed by atoms with Gasteiger partial charge in [0.2, 0.25) is 0 Å². The molecule has 1 aliphatic heterocycles. The molecule has 1 aromatic heterocycles. The number of hydrogen-bond acceptors (Lipinski definition) is 8. The summed E-state index contributed by atoms with van der Waals surface area (Å²) in [4.78, 5) is 47.0. The predicted molar refractivity (Wildman–Crippen MR) is 96.6 cm³/mol. The Bertz CT molecular complexity index is 868. The van der Waals surface area contributed by atoms with Crippen molar-refractivity contribution in [1.29, 1.82) is 0 Å². The van der Waals surface area contributed by atoms with Gasteiger partial charge in [0.25, 0.3) is 5.91 Å². The maximum atomic E-state index is 12.1. The highest BCUT2D eigenvalue weighted by Gasteiger charge is 2.36. The van der Waals surface area contributed by atoms with Crippen LogP contribution in [-0.2, 0) is 14.2 Å². The van der Waals surface area contributed by atoms with Crippen molar-refractivity contribution in [2.45, 2.75) is 0 Å². The van der Waals surface area contributed by atoms with Crippen molar-refractivity contribution >= 4 is 32.4 Å². The van der Waals surface area contributed by atoms with E-state index in [1.165, 1.54) is 6.21 Å². The molecule has 0 atom stereocenters. The largest absolute Gasteiger partial charge is 0.455 e. The van der Waals surface area contributed by atoms with Crippen molar-refractivity contribution in [2.24, 2.45) is 5.10 Å². The maximum Gasteiger partial charge on any atom is 0.349 e. The van der Waals surface area contributed by atoms with Crippen molar-refractivity contribution in [2.75, 3.05) is 20.4 Å². The van der Waals surface area contributed by atoms with Crippen LogP contribution in [0.4, 0.5) is 10.5 Å². The van der Waals surface area contributed by atoms with Gasteiger partial charge in [0.1, 0.15) is 24.8 Å². The van der Waals surface area contributed by atoms with Crippen LogP contribution >= 0.6 is 8.60 Å². The Morgan fingerprint density at radius 3 is 2.68 bits per heavy atom. The lowest BCUT2D eigenvalue weighted by Gasteiger charge is -2.13. The van der Waals surface area contributed by atoms with Crippen LogP contribution in [0.3, 0.4) is 0 Å². The molecule has 1 saturated heterocycles. The van der Waals surface area contributed by atoms with Crippen molar-refractivity contribution in [1.82, 2.24) is 9.91 Å². The molecule has 0 unspecified atom stereocenters. The summed E-state index contributed by atoms with van der Waals surface area (Å²) in [5, 5.41) is 4.88. The summed E-state index contributed by atoms with van der Waals surface area (Å²) < 4.78 is 10.2. The maximum absolute atomic E-state index is 12.1. The first kappa shape index (κ1) is 20.1. The number of rotatable bonds is 8. The molecule has 2 aromatic rings. The third-order valence-electron chi connectivity index (χ3n) is 3.74. The second kappa shape index (κ2) is 9.02. The van der Waals surface area contributed by atoms with Gasteiger partial charge in [-0.05, 0) is 24.3 Å². The molecule has 0 spiro atoms. The summed E-state index contributed by atoms with van der Waals surface area (Å²) in [5.41, 5.74) is 3.39. The number of nitrogens with two attached hydrogens (primary N) is 1. The highest BCUT2D eigenvalue weighted by atomic mass is 31.2. The van der Waals surface area contributed by atoms with E-state index in [2.05, 4.69) is 9.63 Å². The minimum Gasteiger partial charge on any atom is -0.455 e. The van der Waals surface area contributed by atoms with Gasteiger partial charge in [-0.25, -0.2) is 19.5 Å². The van der Waals surface area contributed by atoms with E-state index in [0.717, 1.165) is 21.2 Å². The first-order valence-electron chi connectivity index (χ1n) is 8.01. The second-order valence-electron chi connectivity index (χ2n) is 5.60. The summed E-state index contributed by atoms with van der Waals surface area (Å²) in [6.45, 7) is -0.831. The van der Waals surface area contributed by atoms with Gasteiger partial charge < -0.3 is 14.2 Å². The summed E-state index contributed by atoms with van der Waals surface area (Å²) >= 11 is 0. The fraction of sp³-hybridized carbons (Fsp3) is 0.188. The summed E-state index contributed by atoms with van der Waals surface area (Å²) in [7, 11) is -1.09. The lowest BCUT2D eigenvalue weighted by Crippen LogP contribution is -2.75. The molecule has 0 radical (unpaired) electrons. The zero-order chi connectivity index (χ0) is 20.1. The van der Waals surface area contributed by atoms with Gasteiger partial charge in [-0.15, -0.1) is 0 Å². The van der Waals surface area contributed by atoms with Crippen LogP contribution in [0.5, 0.6) is 0 Å². The Kier molecular flexibility index (Phi) is 6.47. The van der Waals surface area contributed by atoms with Crippen LogP contribution < -0.4 is 5.48 Å². The average molecular weight is 409 g/mol. The van der Waals surface area contributed by atoms with Gasteiger partial charge in [0.15, 0.2) is 5.69 Å². The molecule has 0 bridgehead atoms. The van der Waals surface area contributed by atoms with Gasteiger partial charge >= 0.3 is 14.6 Å². The molecule has 1 aromatic carbocycles. The molecule has 28 heavy (non-hydrogen) atoms. The number of urea groups is 1. The standard InChI is InChI=1S/C16H17N4O7P/c1-25-18-12-4-2-11(3-5-12)14-7-6-13(27-14)8-17-20-9-15(21)19(16(20)22)10-26-28(23)24/h2-8,18,23-24H,9-10H2,1H3/p+1/b17-8+. The number of nitrogens with zero attached hydrogens (tertiary/aromatic N) is 3. The quantitative estimate of drug-likeness (QED) is 0.189. The van der Waals surface area contributed by atoms with E-state index in [9.17, 15) is 9.59 Å². The predicted octanol–water partition coefficient (Wildman–Crippen LogP) is 0.487. The highest BCUT2D eigenvalue weighted by Crippen LogP contribution is 2.26. The lowest BCUT2D eigenvalue weighted by atomic mass is 10.1. The molecular formula is C16H18N4O7P+. The van der Waals surface area contributed by atoms with Crippen molar-refractivity contribution in [3.63, 3.8) is 0 Å². The van der Waals surface area contributed by atoms with Crippen LogP contribution in [0, 0.1) is 0 Å². The van der Waals surface area contributed by atoms with E-state index >= 15 is 0 Å². The first-order chi connectivity index (χ1) is 13.5. The minimum absolute atomic E-state index is 0.279. The number of hydrogen-bond donors (Lipinski definition) is 3. The van der Waals surface area contributed by atoms with E-state index in [0.29, 0.717) is 11.5 Å². The van der Waals surface area contributed by atoms with Crippen LogP contribution in [-0.4, -0.2) is 58.2 Å². The molecule has 3 rings (SSSR count). The van der Waals surface area contributed by atoms with Crippen molar-refractivity contribution in [3.05, 3.63) is 42.2 Å². The lowest BCUT2D eigenvalue weighted by molar-refractivity contribution is -0.830. The number of benzene rings is 1. The van der Waals surface area contributed by atoms with Gasteiger partial charge in [-0.2, -0.15) is 10.6 Å². The topological polar surface area (TPSA) is 142 Å². The van der Waals surface area contributed by atoms with Crippen LogP contribution in [0.25, 0.3) is 11.3 Å². The van der Waals surface area contributed by atoms with Crippen molar-refractivity contribution in [3.8, 4) is 11.3 Å². The second-order valence-corrected chi connectivity index (χ2v) is 6.36. The number of imide groups is 1. The van der Waals surface area contributed by atoms with E-state index in [1.54, 1.807) is 24.7 Å². The molecule has 148 valence electrons. The average Bonchev–Trinajstić information content (AvgIpc) is 3.24. The molecule has 11 nitrogen and oxygen atoms in total. The summed E-state index contributed by atoms with van der Waals surface area (Å²) in [5.74, 6) is 0.447. The Morgan fingerprint density at radius 2 is 2.00 bits per heavy atom. The monoisotopic (exact) mass is 409 g/mol. The number of carbonyl (C=O) groups excluding carboxylic acids is 2. The van der Waals surface area contributed by atoms with Crippen LogP contribution in [0.1, 0.15) is 5.76 Å². The van der Waals surface area contributed by atoms with Crippen LogP contribution in [0.15, 0.2) is 45.9 Å². The molecule has 1 aliphatic rings. The van der Waals surface area contributed by atoms with Gasteiger partial charge in [0, 0.05) is 17.7 Å². The zero-order valence-corrected chi connectivity index (χ0v) is 15.7. The SMILES string of the molecule is CO[NH2+]c1ccc(-c2ccc(/C=N/N3CC(=O)N(COP(O)O)C3=O)o2)cc1. The summed E-state index contributed by atoms with van der Waals surface area (Å²) in [6, 6.07) is 10.2. The third-order valence-corrected chi connectivity index (χ3v) is 4.09. The normalized spacial score (nSPS) is 14.9. The van der Waals surface area contributed by atoms with Gasteiger partial charge in [-0.1, -0.05) is 0 Å². The molecule has 2 heterocycles. The van der Waals surface area contributed by atoms with E-state index in [1.807, 2.05) is 24.3 Å². The summed E-state index contributed by atoms with van der Waals surface area (Å²) in [6.07, 6.45) is 1.32. The molecule has 4 N–H and O–H groups in total. The first-order valence-corrected chi connectivity index (χ1v) is 9.17. The van der Waals surface area contributed by atoms with Crippen molar-refractivity contribution < 1.29 is 38.6 Å². The molecule has 12 heteroatoms. The van der Waals surface area contributed by atoms with Crippen LogP contribution in [0.2, 0.25) is 0 Å². The number of carbonyl (C=O) groups is 2.